The maximum Gasteiger partial charge on any atom is 0.389 e. The summed E-state index contributed by atoms with van der Waals surface area (Å²) < 4.78 is 36.1. The van der Waals surface area contributed by atoms with Crippen LogP contribution < -0.4 is 5.32 Å². The van der Waals surface area contributed by atoms with Gasteiger partial charge in [0.15, 0.2) is 0 Å². The number of rotatable bonds is 10. The molecule has 0 aromatic carbocycles. The molecule has 0 fully saturated rings. The average Bonchev–Trinajstić information content (AvgIpc) is 2.24. The Kier molecular flexibility index (Phi) is 9.52. The van der Waals surface area contributed by atoms with Crippen molar-refractivity contribution in [2.45, 2.75) is 90.4 Å². The number of unbranched alkanes of at least 4 members (excludes halogenated alkanes) is 1. The summed E-state index contributed by atoms with van der Waals surface area (Å²) in [5.74, 6) is 0. The summed E-state index contributed by atoms with van der Waals surface area (Å²) in [6, 6.07) is 0.650. The molecule has 0 heterocycles. The second-order valence-corrected chi connectivity index (χ2v) is 5.20. The van der Waals surface area contributed by atoms with Gasteiger partial charge >= 0.3 is 6.18 Å². The van der Waals surface area contributed by atoms with Crippen molar-refractivity contribution >= 4 is 0 Å². The van der Waals surface area contributed by atoms with Crippen LogP contribution in [-0.4, -0.2) is 18.3 Å². The van der Waals surface area contributed by atoms with Gasteiger partial charge in [0.2, 0.25) is 0 Å². The van der Waals surface area contributed by atoms with Crippen molar-refractivity contribution in [1.29, 1.82) is 0 Å². The number of nitrogens with one attached hydrogen (secondary N) is 1. The molecule has 110 valence electrons. The van der Waals surface area contributed by atoms with E-state index in [-0.39, 0.29) is 12.5 Å². The molecule has 0 aromatic rings. The van der Waals surface area contributed by atoms with Gasteiger partial charge in [0.05, 0.1) is 0 Å². The Morgan fingerprint density at radius 3 is 2.11 bits per heavy atom. The van der Waals surface area contributed by atoms with E-state index in [0.717, 1.165) is 19.3 Å². The molecular formula is C14H28F3N. The third-order valence-corrected chi connectivity index (χ3v) is 3.16. The second-order valence-electron chi connectivity index (χ2n) is 5.20. The zero-order valence-corrected chi connectivity index (χ0v) is 11.9. The first kappa shape index (κ1) is 17.8. The van der Waals surface area contributed by atoms with E-state index in [0.29, 0.717) is 12.5 Å². The normalized spacial score (nSPS) is 15.7. The fraction of sp³-hybridized carbons (Fsp3) is 1.00. The van der Waals surface area contributed by atoms with Crippen LogP contribution >= 0.6 is 0 Å². The number of hydrogen-bond acceptors (Lipinski definition) is 1. The van der Waals surface area contributed by atoms with Crippen LogP contribution in [-0.2, 0) is 0 Å². The van der Waals surface area contributed by atoms with Crippen molar-refractivity contribution in [3.05, 3.63) is 0 Å². The molecule has 0 spiro atoms. The van der Waals surface area contributed by atoms with E-state index < -0.39 is 12.6 Å². The highest BCUT2D eigenvalue weighted by Crippen LogP contribution is 2.22. The Balaban J connectivity index is 3.82. The predicted molar refractivity (Wildman–Crippen MR) is 70.7 cm³/mol. The molecule has 0 bridgehead atoms. The van der Waals surface area contributed by atoms with Crippen LogP contribution in [0.1, 0.15) is 72.1 Å². The highest BCUT2D eigenvalue weighted by Gasteiger charge is 2.26. The van der Waals surface area contributed by atoms with Crippen LogP contribution in [0.4, 0.5) is 13.2 Å². The van der Waals surface area contributed by atoms with Crippen LogP contribution in [0.3, 0.4) is 0 Å². The maximum atomic E-state index is 12.0. The van der Waals surface area contributed by atoms with Crippen LogP contribution in [0.25, 0.3) is 0 Å². The SMILES string of the molecule is CCCCC(CCC)NC(C)CCCC(F)(F)F. The molecular weight excluding hydrogens is 239 g/mol. The first-order chi connectivity index (χ1) is 8.39. The lowest BCUT2D eigenvalue weighted by atomic mass is 10.0. The molecule has 0 aromatic heterocycles. The van der Waals surface area contributed by atoms with E-state index in [1.54, 1.807) is 0 Å². The molecule has 0 amide bonds. The van der Waals surface area contributed by atoms with Crippen molar-refractivity contribution in [1.82, 2.24) is 5.32 Å². The summed E-state index contributed by atoms with van der Waals surface area (Å²) in [5.41, 5.74) is 0. The molecule has 18 heavy (non-hydrogen) atoms. The Morgan fingerprint density at radius 1 is 0.944 bits per heavy atom. The van der Waals surface area contributed by atoms with E-state index in [1.807, 2.05) is 6.92 Å². The van der Waals surface area contributed by atoms with Crippen molar-refractivity contribution in [3.8, 4) is 0 Å². The third-order valence-electron chi connectivity index (χ3n) is 3.16. The first-order valence-corrected chi connectivity index (χ1v) is 7.21. The van der Waals surface area contributed by atoms with E-state index in [2.05, 4.69) is 19.2 Å². The zero-order chi connectivity index (χ0) is 14.0. The summed E-state index contributed by atoms with van der Waals surface area (Å²) in [6.45, 7) is 6.30. The summed E-state index contributed by atoms with van der Waals surface area (Å²) >= 11 is 0. The van der Waals surface area contributed by atoms with Gasteiger partial charge in [-0.3, -0.25) is 0 Å². The smallest absolute Gasteiger partial charge is 0.312 e. The van der Waals surface area contributed by atoms with Crippen molar-refractivity contribution in [2.24, 2.45) is 0 Å². The third kappa shape index (κ3) is 10.9. The van der Waals surface area contributed by atoms with Crippen LogP contribution in [0.2, 0.25) is 0 Å². The standard InChI is InChI=1S/C14H28F3N/c1-4-6-10-13(8-5-2)18-12(3)9-7-11-14(15,16)17/h12-13,18H,4-11H2,1-3H3. The minimum Gasteiger partial charge on any atom is -0.312 e. The Hall–Kier alpha value is -0.250. The lowest BCUT2D eigenvalue weighted by Crippen LogP contribution is -2.36. The number of hydrogen-bond donors (Lipinski definition) is 1. The Morgan fingerprint density at radius 2 is 1.61 bits per heavy atom. The van der Waals surface area contributed by atoms with E-state index in [4.69, 9.17) is 0 Å². The molecule has 0 rings (SSSR count). The molecule has 0 saturated heterocycles. The van der Waals surface area contributed by atoms with Crippen molar-refractivity contribution < 1.29 is 13.2 Å². The first-order valence-electron chi connectivity index (χ1n) is 7.21. The summed E-state index contributed by atoms with van der Waals surface area (Å²) in [6.07, 6.45) is 1.89. The summed E-state index contributed by atoms with van der Waals surface area (Å²) in [7, 11) is 0. The van der Waals surface area contributed by atoms with Gasteiger partial charge < -0.3 is 5.32 Å². The minimum absolute atomic E-state index is 0.181. The average molecular weight is 267 g/mol. The molecule has 4 heteroatoms. The highest BCUT2D eigenvalue weighted by atomic mass is 19.4. The molecule has 0 aliphatic rings. The zero-order valence-electron chi connectivity index (χ0n) is 11.9. The van der Waals surface area contributed by atoms with Crippen LogP contribution in [0, 0.1) is 0 Å². The van der Waals surface area contributed by atoms with Crippen LogP contribution in [0.15, 0.2) is 0 Å². The van der Waals surface area contributed by atoms with Gasteiger partial charge in [-0.2, -0.15) is 13.2 Å². The van der Waals surface area contributed by atoms with Gasteiger partial charge in [0.25, 0.3) is 0 Å². The van der Waals surface area contributed by atoms with Crippen molar-refractivity contribution in [2.75, 3.05) is 0 Å². The fourth-order valence-corrected chi connectivity index (χ4v) is 2.20. The van der Waals surface area contributed by atoms with E-state index in [1.165, 1.54) is 12.8 Å². The van der Waals surface area contributed by atoms with Crippen molar-refractivity contribution in [3.63, 3.8) is 0 Å². The molecule has 2 atom stereocenters. The molecule has 1 N–H and O–H groups in total. The van der Waals surface area contributed by atoms with Gasteiger partial charge in [-0.05, 0) is 32.6 Å². The predicted octanol–water partition coefficient (Wildman–Crippen LogP) is 5.06. The largest absolute Gasteiger partial charge is 0.389 e. The molecule has 0 radical (unpaired) electrons. The molecule has 2 unspecified atom stereocenters. The number of halogens is 3. The van der Waals surface area contributed by atoms with Gasteiger partial charge in [-0.25, -0.2) is 0 Å². The monoisotopic (exact) mass is 267 g/mol. The minimum atomic E-state index is -4.01. The molecule has 1 nitrogen and oxygen atoms in total. The molecule has 0 aliphatic heterocycles. The topological polar surface area (TPSA) is 12.0 Å². The maximum absolute atomic E-state index is 12.0. The van der Waals surface area contributed by atoms with E-state index in [9.17, 15) is 13.2 Å². The fourth-order valence-electron chi connectivity index (χ4n) is 2.20. The Labute approximate surface area is 110 Å². The molecule has 0 saturated carbocycles. The second kappa shape index (κ2) is 9.65. The highest BCUT2D eigenvalue weighted by molar-refractivity contribution is 4.71. The summed E-state index contributed by atoms with van der Waals surface area (Å²) in [5, 5.41) is 3.47. The summed E-state index contributed by atoms with van der Waals surface area (Å²) in [4.78, 5) is 0. The van der Waals surface area contributed by atoms with Gasteiger partial charge in [0, 0.05) is 18.5 Å². The number of alkyl halides is 3. The van der Waals surface area contributed by atoms with Gasteiger partial charge in [-0.1, -0.05) is 33.1 Å². The lowest BCUT2D eigenvalue weighted by Gasteiger charge is -2.23. The quantitative estimate of drug-likeness (QED) is 0.583. The van der Waals surface area contributed by atoms with E-state index >= 15 is 0 Å². The lowest BCUT2D eigenvalue weighted by molar-refractivity contribution is -0.135. The van der Waals surface area contributed by atoms with Gasteiger partial charge in [-0.15, -0.1) is 0 Å². The van der Waals surface area contributed by atoms with Crippen LogP contribution in [0.5, 0.6) is 0 Å². The molecule has 0 aliphatic carbocycles. The Bertz CT molecular complexity index is 192. The van der Waals surface area contributed by atoms with Gasteiger partial charge in [0.1, 0.15) is 0 Å².